The van der Waals surface area contributed by atoms with Crippen molar-refractivity contribution in [2.24, 2.45) is 0 Å². The summed E-state index contributed by atoms with van der Waals surface area (Å²) in [6, 6.07) is 13.4. The van der Waals surface area contributed by atoms with Gasteiger partial charge < -0.3 is 5.32 Å². The van der Waals surface area contributed by atoms with Crippen LogP contribution >= 0.6 is 23.2 Å². The molecule has 1 unspecified atom stereocenters. The lowest BCUT2D eigenvalue weighted by molar-refractivity contribution is -0.116. The minimum Gasteiger partial charge on any atom is -0.324 e. The molecule has 0 aliphatic carbocycles. The lowest BCUT2D eigenvalue weighted by Gasteiger charge is -2.27. The van der Waals surface area contributed by atoms with E-state index in [1.165, 1.54) is 0 Å². The van der Waals surface area contributed by atoms with Gasteiger partial charge in [-0.3, -0.25) is 4.79 Å². The Morgan fingerprint density at radius 1 is 1.11 bits per heavy atom. The van der Waals surface area contributed by atoms with Crippen LogP contribution in [0.1, 0.15) is 23.5 Å². The van der Waals surface area contributed by atoms with Crippen molar-refractivity contribution in [2.75, 3.05) is 5.32 Å². The van der Waals surface area contributed by atoms with Crippen LogP contribution in [0.4, 0.5) is 5.69 Å². The molecule has 2 nitrogen and oxygen atoms in total. The Labute approximate surface area is 121 Å². The van der Waals surface area contributed by atoms with Crippen LogP contribution in [0.5, 0.6) is 0 Å². The highest BCUT2D eigenvalue weighted by Gasteiger charge is 2.28. The third-order valence-electron chi connectivity index (χ3n) is 3.32. The second-order valence-corrected chi connectivity index (χ2v) is 5.41. The quantitative estimate of drug-likeness (QED) is 0.825. The number of hydrogen-bond acceptors (Lipinski definition) is 1. The van der Waals surface area contributed by atoms with E-state index in [9.17, 15) is 4.79 Å². The third-order valence-corrected chi connectivity index (χ3v) is 3.83. The lowest BCUT2D eigenvalue weighted by atomic mass is 9.85. The largest absolute Gasteiger partial charge is 0.324 e. The van der Waals surface area contributed by atoms with Gasteiger partial charge in [-0.1, -0.05) is 53.5 Å². The summed E-state index contributed by atoms with van der Waals surface area (Å²) >= 11 is 12.2. The van der Waals surface area contributed by atoms with E-state index >= 15 is 0 Å². The fraction of sp³-hybridized carbons (Fsp3) is 0.133. The molecule has 0 saturated carbocycles. The third kappa shape index (κ3) is 2.34. The van der Waals surface area contributed by atoms with Crippen LogP contribution in [0.2, 0.25) is 10.0 Å². The monoisotopic (exact) mass is 291 g/mol. The molecular weight excluding hydrogens is 281 g/mol. The first-order valence-electron chi connectivity index (χ1n) is 5.99. The summed E-state index contributed by atoms with van der Waals surface area (Å²) in [5.74, 6) is -0.0216. The number of amides is 1. The topological polar surface area (TPSA) is 29.1 Å². The van der Waals surface area contributed by atoms with Crippen LogP contribution in [0.3, 0.4) is 0 Å². The molecule has 96 valence electrons. The molecule has 2 aromatic carbocycles. The standard InChI is InChI=1S/C15H11Cl2NO/c16-10-6-12-11(9-4-2-1-3-5-9)8-14(19)18-15(12)13(17)7-10/h1-7,11H,8H2,(H,18,19). The molecule has 1 atom stereocenters. The van der Waals surface area contributed by atoms with Gasteiger partial charge in [0.05, 0.1) is 10.7 Å². The molecule has 0 radical (unpaired) electrons. The van der Waals surface area contributed by atoms with E-state index in [1.54, 1.807) is 6.07 Å². The van der Waals surface area contributed by atoms with Crippen LogP contribution in [0.15, 0.2) is 42.5 Å². The van der Waals surface area contributed by atoms with E-state index in [2.05, 4.69) is 5.32 Å². The van der Waals surface area contributed by atoms with Gasteiger partial charge in [0.15, 0.2) is 0 Å². The fourth-order valence-electron chi connectivity index (χ4n) is 2.47. The molecule has 4 heteroatoms. The molecule has 0 saturated heterocycles. The predicted octanol–water partition coefficient (Wildman–Crippen LogP) is 4.47. The average molecular weight is 292 g/mol. The zero-order valence-electron chi connectivity index (χ0n) is 9.99. The maximum absolute atomic E-state index is 11.8. The van der Waals surface area contributed by atoms with Crippen LogP contribution in [-0.2, 0) is 4.79 Å². The molecule has 0 spiro atoms. The van der Waals surface area contributed by atoms with E-state index in [-0.39, 0.29) is 11.8 Å². The minimum absolute atomic E-state index is 0.00106. The second kappa shape index (κ2) is 4.87. The zero-order chi connectivity index (χ0) is 13.4. The van der Waals surface area contributed by atoms with Crippen molar-refractivity contribution in [1.82, 2.24) is 0 Å². The summed E-state index contributed by atoms with van der Waals surface area (Å²) in [7, 11) is 0. The summed E-state index contributed by atoms with van der Waals surface area (Å²) in [5.41, 5.74) is 2.75. The van der Waals surface area contributed by atoms with Crippen molar-refractivity contribution in [3.05, 3.63) is 63.6 Å². The maximum atomic E-state index is 11.8. The van der Waals surface area contributed by atoms with E-state index in [1.807, 2.05) is 36.4 Å². The Balaban J connectivity index is 2.17. The number of rotatable bonds is 1. The molecule has 1 aliphatic rings. The summed E-state index contributed by atoms with van der Waals surface area (Å²) in [5, 5.41) is 3.89. The normalized spacial score (nSPS) is 17.8. The van der Waals surface area contributed by atoms with Gasteiger partial charge in [0, 0.05) is 17.4 Å². The molecule has 3 rings (SSSR count). The summed E-state index contributed by atoms with van der Waals surface area (Å²) in [4.78, 5) is 11.8. The van der Waals surface area contributed by atoms with E-state index < -0.39 is 0 Å². The van der Waals surface area contributed by atoms with Crippen molar-refractivity contribution in [3.8, 4) is 0 Å². The van der Waals surface area contributed by atoms with Gasteiger partial charge in [-0.05, 0) is 23.3 Å². The van der Waals surface area contributed by atoms with Gasteiger partial charge in [-0.15, -0.1) is 0 Å². The Morgan fingerprint density at radius 2 is 1.84 bits per heavy atom. The van der Waals surface area contributed by atoms with Gasteiger partial charge in [0.2, 0.25) is 5.91 Å². The molecule has 19 heavy (non-hydrogen) atoms. The van der Waals surface area contributed by atoms with Crippen molar-refractivity contribution in [3.63, 3.8) is 0 Å². The number of hydrogen-bond donors (Lipinski definition) is 1. The lowest BCUT2D eigenvalue weighted by Crippen LogP contribution is -2.23. The first-order chi connectivity index (χ1) is 9.15. The zero-order valence-corrected chi connectivity index (χ0v) is 11.5. The highest BCUT2D eigenvalue weighted by atomic mass is 35.5. The van der Waals surface area contributed by atoms with Crippen LogP contribution in [0.25, 0.3) is 0 Å². The van der Waals surface area contributed by atoms with Crippen LogP contribution < -0.4 is 5.32 Å². The summed E-state index contributed by atoms with van der Waals surface area (Å²) in [6.45, 7) is 0. The van der Waals surface area contributed by atoms with Crippen molar-refractivity contribution >= 4 is 34.8 Å². The number of carbonyl (C=O) groups is 1. The van der Waals surface area contributed by atoms with Crippen molar-refractivity contribution < 1.29 is 4.79 Å². The van der Waals surface area contributed by atoms with Crippen molar-refractivity contribution in [1.29, 1.82) is 0 Å². The van der Waals surface area contributed by atoms with E-state index in [0.717, 1.165) is 11.1 Å². The summed E-state index contributed by atoms with van der Waals surface area (Å²) in [6.07, 6.45) is 0.410. The molecule has 1 heterocycles. The first kappa shape index (κ1) is 12.5. The number of carbonyl (C=O) groups excluding carboxylic acids is 1. The van der Waals surface area contributed by atoms with E-state index in [4.69, 9.17) is 23.2 Å². The number of benzene rings is 2. The van der Waals surface area contributed by atoms with Gasteiger partial charge in [0.25, 0.3) is 0 Å². The molecule has 2 aromatic rings. The van der Waals surface area contributed by atoms with Gasteiger partial charge in [-0.2, -0.15) is 0 Å². The number of anilines is 1. The van der Waals surface area contributed by atoms with Gasteiger partial charge >= 0.3 is 0 Å². The molecule has 0 bridgehead atoms. The number of nitrogens with one attached hydrogen (secondary N) is 1. The Hall–Kier alpha value is -1.51. The van der Waals surface area contributed by atoms with Crippen LogP contribution in [-0.4, -0.2) is 5.91 Å². The molecular formula is C15H11Cl2NO. The molecule has 0 fully saturated rings. The van der Waals surface area contributed by atoms with Crippen molar-refractivity contribution in [2.45, 2.75) is 12.3 Å². The number of fused-ring (bicyclic) bond motifs is 1. The van der Waals surface area contributed by atoms with E-state index in [0.29, 0.717) is 22.2 Å². The fourth-order valence-corrected chi connectivity index (χ4v) is 3.03. The molecule has 1 N–H and O–H groups in total. The smallest absolute Gasteiger partial charge is 0.225 e. The second-order valence-electron chi connectivity index (χ2n) is 4.57. The predicted molar refractivity (Wildman–Crippen MR) is 78.0 cm³/mol. The molecule has 1 aliphatic heterocycles. The highest BCUT2D eigenvalue weighted by Crippen LogP contribution is 2.42. The maximum Gasteiger partial charge on any atom is 0.225 e. The van der Waals surface area contributed by atoms with Crippen LogP contribution in [0, 0.1) is 0 Å². The minimum atomic E-state index is -0.0226. The van der Waals surface area contributed by atoms with Gasteiger partial charge in [-0.25, -0.2) is 0 Å². The highest BCUT2D eigenvalue weighted by molar-refractivity contribution is 6.37. The molecule has 1 amide bonds. The number of halogens is 2. The molecule has 0 aromatic heterocycles. The van der Waals surface area contributed by atoms with Gasteiger partial charge in [0.1, 0.15) is 0 Å². The average Bonchev–Trinajstić information content (AvgIpc) is 2.40. The Kier molecular flexibility index (Phi) is 3.21. The summed E-state index contributed by atoms with van der Waals surface area (Å²) < 4.78 is 0. The first-order valence-corrected chi connectivity index (χ1v) is 6.74. The SMILES string of the molecule is O=C1CC(c2ccccc2)c2cc(Cl)cc(Cl)c2N1. The Bertz CT molecular complexity index is 640. The Morgan fingerprint density at radius 3 is 2.58 bits per heavy atom.